The molecule has 2 aliphatic rings. The van der Waals surface area contributed by atoms with E-state index in [1.165, 1.54) is 5.56 Å². The molecule has 84 valence electrons. The molecule has 0 saturated carbocycles. The van der Waals surface area contributed by atoms with Crippen molar-refractivity contribution in [1.29, 1.82) is 0 Å². The van der Waals surface area contributed by atoms with Crippen LogP contribution in [0.3, 0.4) is 0 Å². The van der Waals surface area contributed by atoms with Crippen LogP contribution in [0.5, 0.6) is 0 Å². The van der Waals surface area contributed by atoms with Crippen LogP contribution in [0.1, 0.15) is 24.8 Å². The Hall–Kier alpha value is -1.42. The summed E-state index contributed by atoms with van der Waals surface area (Å²) in [5.41, 5.74) is 1.25. The standard InChI is InChI=1S/C12H15N3O/c1-7(16)10-6-9-8-4-3-5-13-11(8)14-12(9)15(10)2/h3-5,9-10,12H,6H2,1-2H3,(H,13,14). The average molecular weight is 217 g/mol. The molecule has 0 radical (unpaired) electrons. The number of aromatic nitrogens is 1. The van der Waals surface area contributed by atoms with Gasteiger partial charge in [-0.2, -0.15) is 0 Å². The summed E-state index contributed by atoms with van der Waals surface area (Å²) in [6.45, 7) is 1.67. The van der Waals surface area contributed by atoms with Crippen molar-refractivity contribution in [2.24, 2.45) is 0 Å². The van der Waals surface area contributed by atoms with E-state index in [1.807, 2.05) is 13.1 Å². The highest BCUT2D eigenvalue weighted by Crippen LogP contribution is 2.44. The van der Waals surface area contributed by atoms with Crippen LogP contribution >= 0.6 is 0 Å². The summed E-state index contributed by atoms with van der Waals surface area (Å²) in [4.78, 5) is 18.0. The number of pyridine rings is 1. The van der Waals surface area contributed by atoms with Crippen LogP contribution in [-0.2, 0) is 4.79 Å². The number of ketones is 1. The van der Waals surface area contributed by atoms with Gasteiger partial charge in [-0.15, -0.1) is 0 Å². The van der Waals surface area contributed by atoms with Gasteiger partial charge in [-0.1, -0.05) is 6.07 Å². The largest absolute Gasteiger partial charge is 0.354 e. The Labute approximate surface area is 94.7 Å². The SMILES string of the molecule is CC(=O)C1CC2c3cccnc3NC2N1C. The molecule has 0 spiro atoms. The maximum Gasteiger partial charge on any atom is 0.146 e. The third-order valence-electron chi connectivity index (χ3n) is 3.78. The lowest BCUT2D eigenvalue weighted by Crippen LogP contribution is -2.39. The number of fused-ring (bicyclic) bond motifs is 3. The smallest absolute Gasteiger partial charge is 0.146 e. The Kier molecular flexibility index (Phi) is 2.01. The Bertz CT molecular complexity index is 446. The van der Waals surface area contributed by atoms with Gasteiger partial charge in [0.1, 0.15) is 11.6 Å². The third kappa shape index (κ3) is 1.19. The van der Waals surface area contributed by atoms with E-state index in [2.05, 4.69) is 21.3 Å². The van der Waals surface area contributed by atoms with Crippen LogP contribution < -0.4 is 5.32 Å². The molecular formula is C12H15N3O. The second-order valence-electron chi connectivity index (χ2n) is 4.66. The Balaban J connectivity index is 1.96. The molecule has 0 aromatic carbocycles. The number of rotatable bonds is 1. The number of hydrogen-bond donors (Lipinski definition) is 1. The minimum Gasteiger partial charge on any atom is -0.354 e. The molecule has 3 heterocycles. The van der Waals surface area contributed by atoms with Crippen molar-refractivity contribution in [3.63, 3.8) is 0 Å². The van der Waals surface area contributed by atoms with Crippen molar-refractivity contribution < 1.29 is 4.79 Å². The molecule has 1 aromatic heterocycles. The number of Topliss-reactive ketones (excluding diaryl/α,β-unsaturated/α-hetero) is 1. The fourth-order valence-corrected chi connectivity index (χ4v) is 2.94. The minimum absolute atomic E-state index is 0.0517. The average Bonchev–Trinajstić information content (AvgIpc) is 2.76. The van der Waals surface area contributed by atoms with Crippen LogP contribution in [-0.4, -0.2) is 34.9 Å². The van der Waals surface area contributed by atoms with Gasteiger partial charge in [-0.05, 0) is 26.5 Å². The van der Waals surface area contributed by atoms with Crippen LogP contribution in [0.2, 0.25) is 0 Å². The van der Waals surface area contributed by atoms with E-state index in [0.29, 0.717) is 5.92 Å². The van der Waals surface area contributed by atoms with Gasteiger partial charge in [0.25, 0.3) is 0 Å². The van der Waals surface area contributed by atoms with E-state index >= 15 is 0 Å². The number of anilines is 1. The topological polar surface area (TPSA) is 45.2 Å². The highest BCUT2D eigenvalue weighted by atomic mass is 16.1. The van der Waals surface area contributed by atoms with Crippen LogP contribution in [0.25, 0.3) is 0 Å². The molecule has 1 N–H and O–H groups in total. The molecule has 2 aliphatic heterocycles. The summed E-state index contributed by atoms with van der Waals surface area (Å²) in [7, 11) is 2.01. The number of likely N-dealkylation sites (tertiary alicyclic amines) is 1. The van der Waals surface area contributed by atoms with Gasteiger partial charge in [0.15, 0.2) is 0 Å². The van der Waals surface area contributed by atoms with E-state index in [4.69, 9.17) is 0 Å². The summed E-state index contributed by atoms with van der Waals surface area (Å²) in [6.07, 6.45) is 2.94. The Morgan fingerprint density at radius 1 is 1.62 bits per heavy atom. The van der Waals surface area contributed by atoms with Gasteiger partial charge in [0.2, 0.25) is 0 Å². The lowest BCUT2D eigenvalue weighted by atomic mass is 9.97. The first kappa shape index (κ1) is 9.78. The van der Waals surface area contributed by atoms with Crippen molar-refractivity contribution in [2.75, 3.05) is 12.4 Å². The predicted molar refractivity (Wildman–Crippen MR) is 61.2 cm³/mol. The quantitative estimate of drug-likeness (QED) is 0.768. The number of carbonyl (C=O) groups is 1. The number of carbonyl (C=O) groups excluding carboxylic acids is 1. The van der Waals surface area contributed by atoms with Gasteiger partial charge in [0.05, 0.1) is 12.2 Å². The predicted octanol–water partition coefficient (Wildman–Crippen LogP) is 1.21. The summed E-state index contributed by atoms with van der Waals surface area (Å²) < 4.78 is 0. The van der Waals surface area contributed by atoms with Gasteiger partial charge < -0.3 is 5.32 Å². The zero-order chi connectivity index (χ0) is 11.3. The first-order valence-electron chi connectivity index (χ1n) is 5.62. The maximum atomic E-state index is 11.5. The molecule has 3 atom stereocenters. The third-order valence-corrected chi connectivity index (χ3v) is 3.78. The van der Waals surface area contributed by atoms with Gasteiger partial charge in [0, 0.05) is 17.7 Å². The molecule has 3 unspecified atom stereocenters. The highest BCUT2D eigenvalue weighted by molar-refractivity contribution is 5.82. The van der Waals surface area contributed by atoms with Crippen LogP contribution in [0.4, 0.5) is 5.82 Å². The lowest BCUT2D eigenvalue weighted by Gasteiger charge is -2.23. The van der Waals surface area contributed by atoms with Gasteiger partial charge in [-0.25, -0.2) is 4.98 Å². The first-order valence-corrected chi connectivity index (χ1v) is 5.62. The summed E-state index contributed by atoms with van der Waals surface area (Å²) in [5, 5.41) is 3.39. The zero-order valence-electron chi connectivity index (χ0n) is 9.47. The molecule has 0 aliphatic carbocycles. The number of nitrogens with zero attached hydrogens (tertiary/aromatic N) is 2. The number of nitrogens with one attached hydrogen (secondary N) is 1. The first-order chi connectivity index (χ1) is 7.68. The Morgan fingerprint density at radius 3 is 3.19 bits per heavy atom. The molecule has 4 heteroatoms. The van der Waals surface area contributed by atoms with Crippen molar-refractivity contribution >= 4 is 11.6 Å². The van der Waals surface area contributed by atoms with Crippen LogP contribution in [0.15, 0.2) is 18.3 Å². The molecule has 0 bridgehead atoms. The molecule has 1 fully saturated rings. The summed E-state index contributed by atoms with van der Waals surface area (Å²) >= 11 is 0. The molecular weight excluding hydrogens is 202 g/mol. The van der Waals surface area contributed by atoms with Crippen molar-refractivity contribution in [3.8, 4) is 0 Å². The normalized spacial score (nSPS) is 32.0. The van der Waals surface area contributed by atoms with Gasteiger partial charge >= 0.3 is 0 Å². The number of hydrogen-bond acceptors (Lipinski definition) is 4. The molecule has 3 rings (SSSR count). The van der Waals surface area contributed by atoms with Crippen molar-refractivity contribution in [2.45, 2.75) is 31.5 Å². The zero-order valence-corrected chi connectivity index (χ0v) is 9.47. The fourth-order valence-electron chi connectivity index (χ4n) is 2.94. The van der Waals surface area contributed by atoms with Crippen molar-refractivity contribution in [3.05, 3.63) is 23.9 Å². The monoisotopic (exact) mass is 217 g/mol. The van der Waals surface area contributed by atoms with Crippen molar-refractivity contribution in [1.82, 2.24) is 9.88 Å². The Morgan fingerprint density at radius 2 is 2.44 bits per heavy atom. The molecule has 0 amide bonds. The van der Waals surface area contributed by atoms with E-state index in [9.17, 15) is 4.79 Å². The highest BCUT2D eigenvalue weighted by Gasteiger charge is 2.46. The van der Waals surface area contributed by atoms with E-state index in [-0.39, 0.29) is 18.0 Å². The molecule has 16 heavy (non-hydrogen) atoms. The molecule has 1 saturated heterocycles. The maximum absolute atomic E-state index is 11.5. The summed E-state index contributed by atoms with van der Waals surface area (Å²) in [5.74, 6) is 1.64. The summed E-state index contributed by atoms with van der Waals surface area (Å²) in [6, 6.07) is 4.12. The second-order valence-corrected chi connectivity index (χ2v) is 4.66. The fraction of sp³-hybridized carbons (Fsp3) is 0.500. The lowest BCUT2D eigenvalue weighted by molar-refractivity contribution is -0.121. The minimum atomic E-state index is 0.0517. The van der Waals surface area contributed by atoms with E-state index < -0.39 is 0 Å². The molecule has 4 nitrogen and oxygen atoms in total. The van der Waals surface area contributed by atoms with E-state index in [1.54, 1.807) is 13.1 Å². The number of likely N-dealkylation sites (N-methyl/N-ethyl adjacent to an activating group) is 1. The molecule has 1 aromatic rings. The second kappa shape index (κ2) is 3.28. The van der Waals surface area contributed by atoms with Crippen LogP contribution in [0, 0.1) is 0 Å². The van der Waals surface area contributed by atoms with E-state index in [0.717, 1.165) is 12.2 Å². The van der Waals surface area contributed by atoms with Gasteiger partial charge in [-0.3, -0.25) is 9.69 Å².